The van der Waals surface area contributed by atoms with Crippen LogP contribution < -0.4 is 4.90 Å². The number of para-hydroxylation sites is 1. The monoisotopic (exact) mass is 283 g/mol. The Kier molecular flexibility index (Phi) is 5.98. The van der Waals surface area contributed by atoms with Gasteiger partial charge in [-0.15, -0.1) is 0 Å². The number of carbonyl (C=O) groups is 1. The molecule has 3 heteroatoms. The normalized spacial score (nSPS) is 10.3. The molecule has 2 rings (SSSR count). The Bertz CT molecular complexity index is 540. The van der Waals surface area contributed by atoms with Crippen molar-refractivity contribution < 1.29 is 9.53 Å². The van der Waals surface area contributed by atoms with Crippen molar-refractivity contribution in [2.75, 3.05) is 24.7 Å². The van der Waals surface area contributed by atoms with E-state index in [1.54, 1.807) is 4.90 Å². The third-order valence-electron chi connectivity index (χ3n) is 3.27. The van der Waals surface area contributed by atoms with Gasteiger partial charge in [-0.2, -0.15) is 0 Å². The SMILES string of the molecule is CCOCC(=O)N(CCc1ccccc1)c1ccccc1. The molecule has 0 saturated carbocycles. The van der Waals surface area contributed by atoms with Gasteiger partial charge in [0.05, 0.1) is 0 Å². The van der Waals surface area contributed by atoms with Crippen LogP contribution in [0.2, 0.25) is 0 Å². The molecule has 0 radical (unpaired) electrons. The van der Waals surface area contributed by atoms with Gasteiger partial charge < -0.3 is 9.64 Å². The molecule has 2 aromatic rings. The Hall–Kier alpha value is -2.13. The molecule has 0 bridgehead atoms. The van der Waals surface area contributed by atoms with Gasteiger partial charge in [-0.1, -0.05) is 48.5 Å². The second kappa shape index (κ2) is 8.22. The summed E-state index contributed by atoms with van der Waals surface area (Å²) in [5.41, 5.74) is 2.14. The van der Waals surface area contributed by atoms with Crippen molar-refractivity contribution >= 4 is 11.6 Å². The second-order valence-corrected chi connectivity index (χ2v) is 4.75. The summed E-state index contributed by atoms with van der Waals surface area (Å²) in [6.07, 6.45) is 0.827. The Morgan fingerprint density at radius 2 is 1.62 bits per heavy atom. The molecule has 0 aromatic heterocycles. The number of hydrogen-bond donors (Lipinski definition) is 0. The second-order valence-electron chi connectivity index (χ2n) is 4.75. The maximum atomic E-state index is 12.3. The van der Waals surface area contributed by atoms with E-state index in [0.29, 0.717) is 13.2 Å². The first-order valence-corrected chi connectivity index (χ1v) is 7.28. The van der Waals surface area contributed by atoms with E-state index >= 15 is 0 Å². The minimum atomic E-state index is -0.000943. The van der Waals surface area contributed by atoms with Crippen molar-refractivity contribution in [3.05, 3.63) is 66.2 Å². The fraction of sp³-hybridized carbons (Fsp3) is 0.278. The van der Waals surface area contributed by atoms with Crippen molar-refractivity contribution in [3.8, 4) is 0 Å². The van der Waals surface area contributed by atoms with Crippen LogP contribution in [0.3, 0.4) is 0 Å². The van der Waals surface area contributed by atoms with Crippen LogP contribution in [0.4, 0.5) is 5.69 Å². The van der Waals surface area contributed by atoms with Crippen molar-refractivity contribution in [1.29, 1.82) is 0 Å². The van der Waals surface area contributed by atoms with E-state index in [9.17, 15) is 4.79 Å². The Morgan fingerprint density at radius 1 is 1.00 bits per heavy atom. The van der Waals surface area contributed by atoms with Crippen LogP contribution in [-0.2, 0) is 16.0 Å². The largest absolute Gasteiger partial charge is 0.372 e. The molecule has 1 amide bonds. The lowest BCUT2D eigenvalue weighted by Crippen LogP contribution is -2.35. The maximum absolute atomic E-state index is 12.3. The third kappa shape index (κ3) is 4.72. The highest BCUT2D eigenvalue weighted by Crippen LogP contribution is 2.14. The standard InChI is InChI=1S/C18H21NO2/c1-2-21-15-18(20)19(17-11-7-4-8-12-17)14-13-16-9-5-3-6-10-16/h3-12H,2,13-15H2,1H3. The van der Waals surface area contributed by atoms with E-state index < -0.39 is 0 Å². The summed E-state index contributed by atoms with van der Waals surface area (Å²) in [5.74, 6) is -0.000943. The molecule has 0 atom stereocenters. The van der Waals surface area contributed by atoms with E-state index in [2.05, 4.69) is 12.1 Å². The molecule has 0 unspecified atom stereocenters. The highest BCUT2D eigenvalue weighted by molar-refractivity contribution is 5.94. The number of carbonyl (C=O) groups excluding carboxylic acids is 1. The first-order valence-electron chi connectivity index (χ1n) is 7.28. The summed E-state index contributed by atoms with van der Waals surface area (Å²) in [4.78, 5) is 14.1. The highest BCUT2D eigenvalue weighted by atomic mass is 16.5. The molecule has 0 aliphatic heterocycles. The van der Waals surface area contributed by atoms with Gasteiger partial charge in [0.2, 0.25) is 0 Å². The van der Waals surface area contributed by atoms with Gasteiger partial charge in [-0.05, 0) is 31.0 Å². The predicted molar refractivity (Wildman–Crippen MR) is 85.4 cm³/mol. The predicted octanol–water partition coefficient (Wildman–Crippen LogP) is 3.30. The number of hydrogen-bond acceptors (Lipinski definition) is 2. The van der Waals surface area contributed by atoms with Gasteiger partial charge in [-0.3, -0.25) is 4.79 Å². The van der Waals surface area contributed by atoms with Crippen LogP contribution in [0, 0.1) is 0 Å². The van der Waals surface area contributed by atoms with Crippen molar-refractivity contribution in [2.24, 2.45) is 0 Å². The summed E-state index contributed by atoms with van der Waals surface area (Å²) < 4.78 is 5.26. The fourth-order valence-electron chi connectivity index (χ4n) is 2.16. The Labute approximate surface area is 126 Å². The summed E-state index contributed by atoms with van der Waals surface area (Å²) in [6.45, 7) is 3.22. The van der Waals surface area contributed by atoms with Gasteiger partial charge in [0.25, 0.3) is 5.91 Å². The topological polar surface area (TPSA) is 29.5 Å². The van der Waals surface area contributed by atoms with Gasteiger partial charge in [-0.25, -0.2) is 0 Å². The summed E-state index contributed by atoms with van der Waals surface area (Å²) in [5, 5.41) is 0. The number of amides is 1. The van der Waals surface area contributed by atoms with E-state index in [1.165, 1.54) is 5.56 Å². The smallest absolute Gasteiger partial charge is 0.252 e. The van der Waals surface area contributed by atoms with Crippen molar-refractivity contribution in [2.45, 2.75) is 13.3 Å². The number of anilines is 1. The maximum Gasteiger partial charge on any atom is 0.252 e. The molecule has 3 nitrogen and oxygen atoms in total. The lowest BCUT2D eigenvalue weighted by molar-refractivity contribution is -0.122. The summed E-state index contributed by atoms with van der Waals surface area (Å²) in [7, 11) is 0. The molecule has 0 saturated heterocycles. The molecule has 0 spiro atoms. The van der Waals surface area contributed by atoms with Crippen molar-refractivity contribution in [3.63, 3.8) is 0 Å². The lowest BCUT2D eigenvalue weighted by atomic mass is 10.1. The Morgan fingerprint density at radius 3 is 2.24 bits per heavy atom. The van der Waals surface area contributed by atoms with Crippen LogP contribution in [0.15, 0.2) is 60.7 Å². The molecule has 0 fully saturated rings. The number of rotatable bonds is 7. The minimum Gasteiger partial charge on any atom is -0.372 e. The first-order chi connectivity index (χ1) is 10.3. The Balaban J connectivity index is 2.07. The van der Waals surface area contributed by atoms with Crippen LogP contribution >= 0.6 is 0 Å². The molecular weight excluding hydrogens is 262 g/mol. The lowest BCUT2D eigenvalue weighted by Gasteiger charge is -2.23. The fourth-order valence-corrected chi connectivity index (χ4v) is 2.16. The molecule has 21 heavy (non-hydrogen) atoms. The third-order valence-corrected chi connectivity index (χ3v) is 3.27. The van der Waals surface area contributed by atoms with Crippen LogP contribution in [0.25, 0.3) is 0 Å². The van der Waals surface area contributed by atoms with E-state index in [1.807, 2.05) is 55.5 Å². The van der Waals surface area contributed by atoms with Crippen molar-refractivity contribution in [1.82, 2.24) is 0 Å². The molecule has 0 N–H and O–H groups in total. The number of benzene rings is 2. The zero-order valence-corrected chi connectivity index (χ0v) is 12.4. The summed E-state index contributed by atoms with van der Waals surface area (Å²) in [6, 6.07) is 19.9. The van der Waals surface area contributed by atoms with E-state index in [4.69, 9.17) is 4.74 Å². The minimum absolute atomic E-state index is 0.000943. The van der Waals surface area contributed by atoms with Gasteiger partial charge in [0.15, 0.2) is 0 Å². The molecule has 110 valence electrons. The van der Waals surface area contributed by atoms with Gasteiger partial charge in [0, 0.05) is 18.8 Å². The molecule has 0 aliphatic carbocycles. The zero-order chi connectivity index (χ0) is 14.9. The van der Waals surface area contributed by atoms with E-state index in [-0.39, 0.29) is 12.5 Å². The van der Waals surface area contributed by atoms with Gasteiger partial charge >= 0.3 is 0 Å². The quantitative estimate of drug-likeness (QED) is 0.780. The number of ether oxygens (including phenoxy) is 1. The zero-order valence-electron chi connectivity index (χ0n) is 12.4. The average Bonchev–Trinajstić information content (AvgIpc) is 2.55. The molecule has 2 aromatic carbocycles. The van der Waals surface area contributed by atoms with Crippen LogP contribution in [0.5, 0.6) is 0 Å². The molecule has 0 heterocycles. The molecular formula is C18H21NO2. The van der Waals surface area contributed by atoms with Gasteiger partial charge in [0.1, 0.15) is 6.61 Å². The number of nitrogens with zero attached hydrogens (tertiary/aromatic N) is 1. The summed E-state index contributed by atoms with van der Waals surface area (Å²) >= 11 is 0. The van der Waals surface area contributed by atoms with Crippen LogP contribution in [0.1, 0.15) is 12.5 Å². The molecule has 0 aliphatic rings. The highest BCUT2D eigenvalue weighted by Gasteiger charge is 2.15. The first kappa shape index (κ1) is 15.3. The van der Waals surface area contributed by atoms with E-state index in [0.717, 1.165) is 12.1 Å². The average molecular weight is 283 g/mol. The van der Waals surface area contributed by atoms with Crippen LogP contribution in [-0.4, -0.2) is 25.7 Å².